The molecule has 0 amide bonds. The van der Waals surface area contributed by atoms with Crippen LogP contribution in [0.5, 0.6) is 17.2 Å². The van der Waals surface area contributed by atoms with Crippen molar-refractivity contribution >= 4 is 0 Å². The number of hydrogen-bond donors (Lipinski definition) is 0. The highest BCUT2D eigenvalue weighted by molar-refractivity contribution is 5.46. The molecule has 5 heteroatoms. The molecule has 32 heavy (non-hydrogen) atoms. The Morgan fingerprint density at radius 2 is 1.78 bits per heavy atom. The standard InChI is InChI=1S/C27H28FNO3/c1-19(20-5-3-2-4-6-20)29-14-13-25(21-7-9-23(28)10-8-21)22(16-29)17-30-24-11-12-26-27(15-24)32-18-31-26/h2-12,15,19,22,25H,13-14,16-18H2,1H3/t19-,22-,25-/m0/s1. The Morgan fingerprint density at radius 1 is 1.00 bits per heavy atom. The summed E-state index contributed by atoms with van der Waals surface area (Å²) in [6.45, 7) is 5.02. The number of benzene rings is 3. The van der Waals surface area contributed by atoms with Gasteiger partial charge in [0.05, 0.1) is 6.61 Å². The van der Waals surface area contributed by atoms with Crippen molar-refractivity contribution in [2.45, 2.75) is 25.3 Å². The fourth-order valence-electron chi connectivity index (χ4n) is 4.84. The summed E-state index contributed by atoms with van der Waals surface area (Å²) in [5, 5.41) is 0. The van der Waals surface area contributed by atoms with Crippen LogP contribution in [0.2, 0.25) is 0 Å². The predicted octanol–water partition coefficient (Wildman–Crippen LogP) is 5.80. The second-order valence-electron chi connectivity index (χ2n) is 8.61. The van der Waals surface area contributed by atoms with E-state index in [4.69, 9.17) is 14.2 Å². The van der Waals surface area contributed by atoms with Crippen molar-refractivity contribution in [1.29, 1.82) is 0 Å². The summed E-state index contributed by atoms with van der Waals surface area (Å²) in [4.78, 5) is 2.53. The predicted molar refractivity (Wildman–Crippen MR) is 122 cm³/mol. The summed E-state index contributed by atoms with van der Waals surface area (Å²) in [5.41, 5.74) is 2.50. The minimum atomic E-state index is -0.197. The van der Waals surface area contributed by atoms with Crippen LogP contribution < -0.4 is 14.2 Å². The van der Waals surface area contributed by atoms with Gasteiger partial charge in [0.2, 0.25) is 6.79 Å². The monoisotopic (exact) mass is 433 g/mol. The Morgan fingerprint density at radius 3 is 2.59 bits per heavy atom. The van der Waals surface area contributed by atoms with Crippen LogP contribution in [-0.2, 0) is 0 Å². The number of rotatable bonds is 6. The summed E-state index contributed by atoms with van der Waals surface area (Å²) in [5.74, 6) is 2.66. The Labute approximate surface area is 188 Å². The van der Waals surface area contributed by atoms with Crippen molar-refractivity contribution in [3.8, 4) is 17.2 Å². The highest BCUT2D eigenvalue weighted by Crippen LogP contribution is 2.38. The first-order chi connectivity index (χ1) is 15.7. The molecular formula is C27H28FNO3. The van der Waals surface area contributed by atoms with E-state index >= 15 is 0 Å². The fraction of sp³-hybridized carbons (Fsp3) is 0.333. The third-order valence-electron chi connectivity index (χ3n) is 6.70. The zero-order chi connectivity index (χ0) is 21.9. The van der Waals surface area contributed by atoms with Crippen LogP contribution in [0.25, 0.3) is 0 Å². The number of hydrogen-bond acceptors (Lipinski definition) is 4. The molecule has 0 unspecified atom stereocenters. The van der Waals surface area contributed by atoms with E-state index < -0.39 is 0 Å². The number of nitrogens with zero attached hydrogens (tertiary/aromatic N) is 1. The molecule has 1 fully saturated rings. The van der Waals surface area contributed by atoms with Gasteiger partial charge in [0.15, 0.2) is 11.5 Å². The van der Waals surface area contributed by atoms with Crippen LogP contribution >= 0.6 is 0 Å². The number of halogens is 1. The van der Waals surface area contributed by atoms with E-state index in [1.54, 1.807) is 12.1 Å². The largest absolute Gasteiger partial charge is 0.493 e. The van der Waals surface area contributed by atoms with Crippen molar-refractivity contribution in [3.63, 3.8) is 0 Å². The van der Waals surface area contributed by atoms with Gasteiger partial charge in [-0.3, -0.25) is 4.90 Å². The first kappa shape index (κ1) is 20.8. The molecule has 3 aromatic rings. The van der Waals surface area contributed by atoms with Gasteiger partial charge in [-0.25, -0.2) is 4.39 Å². The smallest absolute Gasteiger partial charge is 0.231 e. The second-order valence-corrected chi connectivity index (χ2v) is 8.61. The molecule has 1 saturated heterocycles. The SMILES string of the molecule is C[C@@H](c1ccccc1)N1CC[C@@H](c2ccc(F)cc2)[C@H](COc2ccc3c(c2)OCO3)C1. The molecule has 0 saturated carbocycles. The van der Waals surface area contributed by atoms with E-state index in [-0.39, 0.29) is 18.5 Å². The average Bonchev–Trinajstić information content (AvgIpc) is 3.31. The first-order valence-electron chi connectivity index (χ1n) is 11.2. The van der Waals surface area contributed by atoms with Gasteiger partial charge in [0, 0.05) is 24.6 Å². The number of ether oxygens (including phenoxy) is 3. The van der Waals surface area contributed by atoms with Gasteiger partial charge in [0.1, 0.15) is 11.6 Å². The number of likely N-dealkylation sites (tertiary alicyclic amines) is 1. The summed E-state index contributed by atoms with van der Waals surface area (Å²) < 4.78 is 30.7. The highest BCUT2D eigenvalue weighted by atomic mass is 19.1. The van der Waals surface area contributed by atoms with Crippen molar-refractivity contribution in [3.05, 3.63) is 89.7 Å². The molecule has 166 valence electrons. The lowest BCUT2D eigenvalue weighted by atomic mass is 9.80. The maximum absolute atomic E-state index is 13.5. The molecule has 0 aliphatic carbocycles. The van der Waals surface area contributed by atoms with E-state index in [1.165, 1.54) is 11.1 Å². The average molecular weight is 434 g/mol. The van der Waals surface area contributed by atoms with Gasteiger partial charge >= 0.3 is 0 Å². The van der Waals surface area contributed by atoms with Gasteiger partial charge in [-0.2, -0.15) is 0 Å². The van der Waals surface area contributed by atoms with Gasteiger partial charge in [-0.15, -0.1) is 0 Å². The molecule has 0 N–H and O–H groups in total. The molecule has 4 nitrogen and oxygen atoms in total. The lowest BCUT2D eigenvalue weighted by Crippen LogP contribution is -2.43. The minimum Gasteiger partial charge on any atom is -0.493 e. The van der Waals surface area contributed by atoms with Crippen LogP contribution in [0, 0.1) is 11.7 Å². The van der Waals surface area contributed by atoms with E-state index in [0.717, 1.165) is 36.8 Å². The van der Waals surface area contributed by atoms with Crippen molar-refractivity contribution in [2.75, 3.05) is 26.5 Å². The molecule has 3 atom stereocenters. The first-order valence-corrected chi connectivity index (χ1v) is 11.2. The van der Waals surface area contributed by atoms with Crippen LogP contribution in [0.1, 0.15) is 36.4 Å². The van der Waals surface area contributed by atoms with Gasteiger partial charge in [0.25, 0.3) is 0 Å². The lowest BCUT2D eigenvalue weighted by Gasteiger charge is -2.41. The summed E-state index contributed by atoms with van der Waals surface area (Å²) in [6.07, 6.45) is 1.01. The molecule has 0 radical (unpaired) electrons. The third-order valence-corrected chi connectivity index (χ3v) is 6.70. The Bertz CT molecular complexity index is 1040. The maximum atomic E-state index is 13.5. The molecule has 0 aromatic heterocycles. The van der Waals surface area contributed by atoms with Crippen molar-refractivity contribution in [2.24, 2.45) is 5.92 Å². The van der Waals surface area contributed by atoms with E-state index in [9.17, 15) is 4.39 Å². The Hall–Kier alpha value is -3.05. The lowest BCUT2D eigenvalue weighted by molar-refractivity contribution is 0.0840. The molecule has 5 rings (SSSR count). The molecule has 0 spiro atoms. The summed E-state index contributed by atoms with van der Waals surface area (Å²) in [6, 6.07) is 23.6. The molecule has 2 heterocycles. The second kappa shape index (κ2) is 9.21. The quantitative estimate of drug-likeness (QED) is 0.492. The van der Waals surface area contributed by atoms with E-state index in [2.05, 4.69) is 42.2 Å². The summed E-state index contributed by atoms with van der Waals surface area (Å²) in [7, 11) is 0. The van der Waals surface area contributed by atoms with Crippen LogP contribution in [0.4, 0.5) is 4.39 Å². The Balaban J connectivity index is 1.34. The topological polar surface area (TPSA) is 30.9 Å². The molecule has 3 aromatic carbocycles. The van der Waals surface area contributed by atoms with Crippen molar-refractivity contribution < 1.29 is 18.6 Å². The molecule has 2 aliphatic heterocycles. The maximum Gasteiger partial charge on any atom is 0.231 e. The van der Waals surface area contributed by atoms with Crippen LogP contribution in [-0.4, -0.2) is 31.4 Å². The van der Waals surface area contributed by atoms with E-state index in [1.807, 2.05) is 30.3 Å². The fourth-order valence-corrected chi connectivity index (χ4v) is 4.84. The summed E-state index contributed by atoms with van der Waals surface area (Å²) >= 11 is 0. The van der Waals surface area contributed by atoms with Crippen molar-refractivity contribution in [1.82, 2.24) is 4.90 Å². The normalized spacial score (nSPS) is 21.3. The van der Waals surface area contributed by atoms with Gasteiger partial charge < -0.3 is 14.2 Å². The zero-order valence-electron chi connectivity index (χ0n) is 18.2. The minimum absolute atomic E-state index is 0.197. The van der Waals surface area contributed by atoms with Gasteiger partial charge in [-0.05, 0) is 61.2 Å². The molecule has 2 aliphatic rings. The zero-order valence-corrected chi connectivity index (χ0v) is 18.2. The molecule has 0 bridgehead atoms. The van der Waals surface area contributed by atoms with Gasteiger partial charge in [-0.1, -0.05) is 42.5 Å². The van der Waals surface area contributed by atoms with Crippen LogP contribution in [0.15, 0.2) is 72.8 Å². The van der Waals surface area contributed by atoms with E-state index in [0.29, 0.717) is 18.6 Å². The Kier molecular flexibility index (Phi) is 5.99. The highest BCUT2D eigenvalue weighted by Gasteiger charge is 2.33. The van der Waals surface area contributed by atoms with Crippen LogP contribution in [0.3, 0.4) is 0 Å². The molecular weight excluding hydrogens is 405 g/mol. The third kappa shape index (κ3) is 4.44. The number of piperidine rings is 1. The number of fused-ring (bicyclic) bond motifs is 1.